The van der Waals surface area contributed by atoms with Gasteiger partial charge in [-0.3, -0.25) is 4.79 Å². The van der Waals surface area contributed by atoms with Gasteiger partial charge in [0.15, 0.2) is 0 Å². The number of amides is 1. The lowest BCUT2D eigenvalue weighted by Crippen LogP contribution is -2.34. The zero-order valence-electron chi connectivity index (χ0n) is 16.7. The van der Waals surface area contributed by atoms with E-state index in [9.17, 15) is 9.90 Å². The molecule has 0 bridgehead atoms. The molecule has 2 N–H and O–H groups in total. The van der Waals surface area contributed by atoms with Crippen molar-refractivity contribution >= 4 is 50.6 Å². The Balaban J connectivity index is 1.61. The average Bonchev–Trinajstić information content (AvgIpc) is 3.09. The third-order valence-electron chi connectivity index (χ3n) is 4.88. The number of hydrogen-bond donors (Lipinski definition) is 2. The molecule has 0 saturated carbocycles. The lowest BCUT2D eigenvalue weighted by atomic mass is 10.0. The molecule has 3 heterocycles. The number of carbonyl (C=O) groups is 1. The first-order chi connectivity index (χ1) is 14.4. The highest BCUT2D eigenvalue weighted by molar-refractivity contribution is 7.19. The van der Waals surface area contributed by atoms with Crippen LogP contribution in [0.4, 0.5) is 11.5 Å². The van der Waals surface area contributed by atoms with Crippen molar-refractivity contribution in [2.75, 3.05) is 32.5 Å². The molecule has 0 atom stereocenters. The van der Waals surface area contributed by atoms with Crippen molar-refractivity contribution in [2.45, 2.75) is 13.0 Å². The van der Waals surface area contributed by atoms with E-state index in [1.807, 2.05) is 30.0 Å². The number of carbonyl (C=O) groups excluding carboxylic acids is 1. The Morgan fingerprint density at radius 1 is 1.40 bits per heavy atom. The van der Waals surface area contributed by atoms with Crippen molar-refractivity contribution in [3.8, 4) is 5.75 Å². The van der Waals surface area contributed by atoms with Gasteiger partial charge in [-0.2, -0.15) is 0 Å². The third kappa shape index (κ3) is 4.26. The fourth-order valence-electron chi connectivity index (χ4n) is 3.42. The monoisotopic (exact) mass is 443 g/mol. The molecule has 9 heteroatoms. The first-order valence-corrected chi connectivity index (χ1v) is 10.7. The number of halogens is 1. The van der Waals surface area contributed by atoms with Crippen molar-refractivity contribution in [3.63, 3.8) is 0 Å². The van der Waals surface area contributed by atoms with Gasteiger partial charge in [-0.15, -0.1) is 11.3 Å². The molecule has 1 aromatic carbocycles. The largest absolute Gasteiger partial charge is 0.508 e. The number of nitrogens with one attached hydrogen (secondary N) is 1. The zero-order valence-corrected chi connectivity index (χ0v) is 18.3. The van der Waals surface area contributed by atoms with E-state index in [1.165, 1.54) is 12.4 Å². The van der Waals surface area contributed by atoms with Gasteiger partial charge in [0, 0.05) is 30.1 Å². The van der Waals surface area contributed by atoms with Crippen LogP contribution < -0.4 is 5.32 Å². The van der Waals surface area contributed by atoms with Gasteiger partial charge in [0.2, 0.25) is 5.91 Å². The van der Waals surface area contributed by atoms with E-state index in [4.69, 9.17) is 11.6 Å². The van der Waals surface area contributed by atoms with Gasteiger partial charge in [-0.05, 0) is 38.2 Å². The number of likely N-dealkylation sites (N-methyl/N-ethyl adjacent to an activating group) is 1. The number of phenolic OH excluding ortho intramolecular Hbond substituents is 1. The average molecular weight is 444 g/mol. The van der Waals surface area contributed by atoms with Crippen LogP contribution in [0.3, 0.4) is 0 Å². The maximum absolute atomic E-state index is 12.5. The lowest BCUT2D eigenvalue weighted by molar-refractivity contribution is -0.126. The Morgan fingerprint density at radius 2 is 2.23 bits per heavy atom. The second-order valence-electron chi connectivity index (χ2n) is 7.37. The summed E-state index contributed by atoms with van der Waals surface area (Å²) in [5.74, 6) is 0.794. The number of nitrogens with zero attached hydrogens (tertiary/aromatic N) is 4. The lowest BCUT2D eigenvalue weighted by Gasteiger charge is -2.26. The van der Waals surface area contributed by atoms with Crippen LogP contribution in [0.15, 0.2) is 36.7 Å². The molecule has 2 aromatic heterocycles. The van der Waals surface area contributed by atoms with Gasteiger partial charge in [0.25, 0.3) is 0 Å². The number of benzene rings is 1. The van der Waals surface area contributed by atoms with Crippen LogP contribution >= 0.6 is 22.9 Å². The Bertz CT molecular complexity index is 1130. The van der Waals surface area contributed by atoms with Crippen LogP contribution in [0.2, 0.25) is 5.02 Å². The molecule has 0 unspecified atom stereocenters. The maximum Gasteiger partial charge on any atom is 0.246 e. The smallest absolute Gasteiger partial charge is 0.246 e. The molecule has 0 fully saturated rings. The standard InChI is InChI=1S/C21H22ClN5O2S/c1-26(2)8-3-4-18(29)27-9-7-14-17(11-27)30-21-19(14)20(23-12-24-21)25-16-10-13(28)5-6-15(16)22/h3-6,10,12,28H,7-9,11H2,1-2H3,(H,23,24,25). The highest BCUT2D eigenvalue weighted by atomic mass is 35.5. The summed E-state index contributed by atoms with van der Waals surface area (Å²) in [6.07, 6.45) is 5.78. The molecule has 1 aliphatic heterocycles. The summed E-state index contributed by atoms with van der Waals surface area (Å²) >= 11 is 7.84. The molecule has 1 aliphatic rings. The quantitative estimate of drug-likeness (QED) is 0.584. The van der Waals surface area contributed by atoms with Gasteiger partial charge >= 0.3 is 0 Å². The summed E-state index contributed by atoms with van der Waals surface area (Å²) < 4.78 is 0. The molecule has 0 aliphatic carbocycles. The van der Waals surface area contributed by atoms with E-state index >= 15 is 0 Å². The van der Waals surface area contributed by atoms with Crippen LogP contribution in [0.1, 0.15) is 10.4 Å². The van der Waals surface area contributed by atoms with Crippen LogP contribution in [-0.4, -0.2) is 58.0 Å². The fourth-order valence-corrected chi connectivity index (χ4v) is 4.78. The first kappa shape index (κ1) is 20.6. The van der Waals surface area contributed by atoms with Gasteiger partial charge in [-0.1, -0.05) is 17.7 Å². The zero-order chi connectivity index (χ0) is 21.3. The predicted octanol–water partition coefficient (Wildman–Crippen LogP) is 3.80. The first-order valence-electron chi connectivity index (χ1n) is 9.53. The van der Waals surface area contributed by atoms with Crippen LogP contribution in [0, 0.1) is 0 Å². The van der Waals surface area contributed by atoms with Crippen LogP contribution in [0.5, 0.6) is 5.75 Å². The van der Waals surface area contributed by atoms with Gasteiger partial charge in [0.05, 0.1) is 22.6 Å². The highest BCUT2D eigenvalue weighted by Crippen LogP contribution is 2.39. The topological polar surface area (TPSA) is 81.6 Å². The molecule has 1 amide bonds. The summed E-state index contributed by atoms with van der Waals surface area (Å²) in [7, 11) is 3.94. The number of aromatic nitrogens is 2. The van der Waals surface area contributed by atoms with Crippen LogP contribution in [-0.2, 0) is 17.8 Å². The molecule has 3 aromatic rings. The molecule has 7 nitrogen and oxygen atoms in total. The van der Waals surface area contributed by atoms with E-state index in [0.29, 0.717) is 29.6 Å². The number of anilines is 2. The highest BCUT2D eigenvalue weighted by Gasteiger charge is 2.25. The van der Waals surface area contributed by atoms with E-state index < -0.39 is 0 Å². The second-order valence-corrected chi connectivity index (χ2v) is 8.86. The molecule has 4 rings (SSSR count). The Kier molecular flexibility index (Phi) is 5.90. The molecular formula is C21H22ClN5O2S. The minimum atomic E-state index is 0.0240. The number of rotatable bonds is 5. The summed E-state index contributed by atoms with van der Waals surface area (Å²) in [5.41, 5.74) is 1.74. The van der Waals surface area contributed by atoms with E-state index in [1.54, 1.807) is 29.5 Å². The molecule has 156 valence electrons. The van der Waals surface area contributed by atoms with Crippen molar-refractivity contribution in [2.24, 2.45) is 0 Å². The summed E-state index contributed by atoms with van der Waals surface area (Å²) in [5, 5.41) is 14.5. The van der Waals surface area contributed by atoms with E-state index in [2.05, 4.69) is 15.3 Å². The molecule has 0 spiro atoms. The molecule has 0 radical (unpaired) electrons. The Morgan fingerprint density at radius 3 is 3.03 bits per heavy atom. The summed E-state index contributed by atoms with van der Waals surface area (Å²) in [4.78, 5) is 27.2. The molecular weight excluding hydrogens is 422 g/mol. The maximum atomic E-state index is 12.5. The number of phenols is 1. The normalized spacial score (nSPS) is 13.9. The fraction of sp³-hybridized carbons (Fsp3) is 0.286. The van der Waals surface area contributed by atoms with Crippen LogP contribution in [0.25, 0.3) is 10.2 Å². The van der Waals surface area contributed by atoms with Gasteiger partial charge < -0.3 is 20.2 Å². The number of thiophene rings is 1. The van der Waals surface area contributed by atoms with Crippen molar-refractivity contribution in [3.05, 3.63) is 52.1 Å². The SMILES string of the molecule is CN(C)CC=CC(=O)N1CCc2c(sc3ncnc(Nc4cc(O)ccc4Cl)c23)C1. The minimum Gasteiger partial charge on any atom is -0.508 e. The second kappa shape index (κ2) is 8.59. The van der Waals surface area contributed by atoms with E-state index in [0.717, 1.165) is 33.6 Å². The van der Waals surface area contributed by atoms with Gasteiger partial charge in [0.1, 0.15) is 22.7 Å². The summed E-state index contributed by atoms with van der Waals surface area (Å²) in [6.45, 7) is 1.94. The number of aromatic hydroxyl groups is 1. The number of fused-ring (bicyclic) bond motifs is 3. The Labute approximate surface area is 183 Å². The molecule has 30 heavy (non-hydrogen) atoms. The molecule has 0 saturated heterocycles. The number of hydrogen-bond acceptors (Lipinski definition) is 7. The van der Waals surface area contributed by atoms with Gasteiger partial charge in [-0.25, -0.2) is 9.97 Å². The van der Waals surface area contributed by atoms with Crippen molar-refractivity contribution in [1.82, 2.24) is 19.8 Å². The van der Waals surface area contributed by atoms with Crippen molar-refractivity contribution < 1.29 is 9.90 Å². The Hall–Kier alpha value is -2.68. The summed E-state index contributed by atoms with van der Waals surface area (Å²) in [6, 6.07) is 4.73. The third-order valence-corrected chi connectivity index (χ3v) is 6.34. The van der Waals surface area contributed by atoms with E-state index in [-0.39, 0.29) is 11.7 Å². The van der Waals surface area contributed by atoms with Crippen molar-refractivity contribution in [1.29, 1.82) is 0 Å². The minimum absolute atomic E-state index is 0.0240. The predicted molar refractivity (Wildman–Crippen MR) is 121 cm³/mol.